The van der Waals surface area contributed by atoms with Crippen molar-refractivity contribution < 1.29 is 42.1 Å². The number of alkyl halides is 3. The summed E-state index contributed by atoms with van der Waals surface area (Å²) in [6.07, 6.45) is 0.273. The first-order valence-electron chi connectivity index (χ1n) is 8.32. The molecule has 1 N–H and O–H groups in total. The molecule has 0 spiro atoms. The predicted molar refractivity (Wildman–Crippen MR) is 81.5 cm³/mol. The van der Waals surface area contributed by atoms with Crippen LogP contribution in [0.15, 0.2) is 0 Å². The van der Waals surface area contributed by atoms with E-state index in [9.17, 15) is 27.6 Å². The number of carbonyl (C=O) groups excluding carboxylic acids is 2. The van der Waals surface area contributed by atoms with Crippen LogP contribution < -0.4 is 0 Å². The summed E-state index contributed by atoms with van der Waals surface area (Å²) in [5.74, 6) is -3.89. The highest BCUT2D eigenvalue weighted by molar-refractivity contribution is 5.76. The first-order chi connectivity index (χ1) is 11.6. The molecule has 1 unspecified atom stereocenters. The van der Waals surface area contributed by atoms with Gasteiger partial charge < -0.3 is 14.6 Å². The molecule has 0 aliphatic carbocycles. The number of esters is 2. The van der Waals surface area contributed by atoms with E-state index in [0.29, 0.717) is 12.8 Å². The summed E-state index contributed by atoms with van der Waals surface area (Å²) >= 11 is 0. The molecule has 1 atom stereocenters. The van der Waals surface area contributed by atoms with Gasteiger partial charge in [-0.15, -0.1) is 0 Å². The molecule has 0 aromatic rings. The summed E-state index contributed by atoms with van der Waals surface area (Å²) in [6, 6.07) is 0. The number of carbonyl (C=O) groups is 3. The number of halogens is 3. The van der Waals surface area contributed by atoms with Crippen LogP contribution in [0.1, 0.15) is 71.1 Å². The van der Waals surface area contributed by atoms with E-state index in [2.05, 4.69) is 9.47 Å². The third-order valence-electron chi connectivity index (χ3n) is 3.32. The third kappa shape index (κ3) is 14.3. The van der Waals surface area contributed by atoms with E-state index >= 15 is 0 Å². The van der Waals surface area contributed by atoms with Crippen molar-refractivity contribution in [1.82, 2.24) is 0 Å². The predicted octanol–water partition coefficient (Wildman–Crippen LogP) is 3.97. The van der Waals surface area contributed by atoms with Gasteiger partial charge in [-0.3, -0.25) is 9.59 Å². The monoisotopic (exact) mass is 370 g/mol. The average Bonchev–Trinajstić information content (AvgIpc) is 2.47. The normalized spacial score (nSPS) is 12.5. The number of ether oxygens (including phenoxy) is 2. The summed E-state index contributed by atoms with van der Waals surface area (Å²) in [4.78, 5) is 32.3. The first kappa shape index (κ1) is 23.2. The molecule has 0 saturated heterocycles. The topological polar surface area (TPSA) is 89.9 Å². The van der Waals surface area contributed by atoms with Crippen LogP contribution >= 0.6 is 0 Å². The Kier molecular flexibility index (Phi) is 11.6. The van der Waals surface area contributed by atoms with E-state index < -0.39 is 30.4 Å². The fourth-order valence-electron chi connectivity index (χ4n) is 2.09. The van der Waals surface area contributed by atoms with Gasteiger partial charge in [0.25, 0.3) is 0 Å². The molecular weight excluding hydrogens is 345 g/mol. The number of unbranched alkanes of at least 4 members (excludes halogenated alkanes) is 7. The van der Waals surface area contributed by atoms with Gasteiger partial charge in [0.15, 0.2) is 0 Å². The van der Waals surface area contributed by atoms with Gasteiger partial charge in [0.2, 0.25) is 6.29 Å². The molecule has 0 aliphatic rings. The van der Waals surface area contributed by atoms with Crippen LogP contribution in [0.25, 0.3) is 0 Å². The Morgan fingerprint density at radius 2 is 1.28 bits per heavy atom. The van der Waals surface area contributed by atoms with Crippen molar-refractivity contribution in [2.24, 2.45) is 0 Å². The average molecular weight is 370 g/mol. The van der Waals surface area contributed by atoms with Crippen molar-refractivity contribution >= 4 is 17.9 Å². The van der Waals surface area contributed by atoms with E-state index in [4.69, 9.17) is 5.11 Å². The second-order valence-corrected chi connectivity index (χ2v) is 5.68. The largest absolute Gasteiger partial charge is 0.491 e. The van der Waals surface area contributed by atoms with Gasteiger partial charge in [-0.05, 0) is 12.8 Å². The molecule has 0 aliphatic heterocycles. The number of rotatable bonds is 13. The van der Waals surface area contributed by atoms with Crippen molar-refractivity contribution in [1.29, 1.82) is 0 Å². The van der Waals surface area contributed by atoms with Gasteiger partial charge in [0.05, 0.1) is 0 Å². The molecule has 6 nitrogen and oxygen atoms in total. The highest BCUT2D eigenvalue weighted by Gasteiger charge is 2.42. The molecule has 0 aromatic carbocycles. The van der Waals surface area contributed by atoms with Crippen molar-refractivity contribution in [3.8, 4) is 0 Å². The number of carboxylic acid groups (broad SMARTS) is 1. The van der Waals surface area contributed by atoms with E-state index in [1.807, 2.05) is 0 Å². The standard InChI is InChI=1S/C16H25F3O6/c1-12(25-15(23)16(17,18)19)24-14(22)11-9-7-5-3-2-4-6-8-10-13(20)21/h12H,2-11H2,1H3,(H,20,21). The maximum Gasteiger partial charge on any atom is 0.491 e. The summed E-state index contributed by atoms with van der Waals surface area (Å²) in [5.41, 5.74) is 0. The number of carboxylic acids is 1. The zero-order valence-electron chi connectivity index (χ0n) is 14.3. The fraction of sp³-hybridized carbons (Fsp3) is 0.812. The minimum Gasteiger partial charge on any atom is -0.481 e. The van der Waals surface area contributed by atoms with Gasteiger partial charge >= 0.3 is 24.1 Å². The van der Waals surface area contributed by atoms with Gasteiger partial charge in [-0.2, -0.15) is 13.2 Å². The molecule has 0 radical (unpaired) electrons. The number of hydrogen-bond donors (Lipinski definition) is 1. The maximum atomic E-state index is 12.0. The third-order valence-corrected chi connectivity index (χ3v) is 3.32. The quantitative estimate of drug-likeness (QED) is 0.300. The van der Waals surface area contributed by atoms with Gasteiger partial charge in [0, 0.05) is 19.8 Å². The van der Waals surface area contributed by atoms with Gasteiger partial charge in [-0.25, -0.2) is 4.79 Å². The molecule has 0 rings (SSSR count). The van der Waals surface area contributed by atoms with E-state index in [0.717, 1.165) is 45.4 Å². The molecule has 0 fully saturated rings. The summed E-state index contributed by atoms with van der Waals surface area (Å²) < 4.78 is 44.4. The summed E-state index contributed by atoms with van der Waals surface area (Å²) in [7, 11) is 0. The molecule has 0 saturated carbocycles. The second kappa shape index (κ2) is 12.5. The van der Waals surface area contributed by atoms with Crippen molar-refractivity contribution in [2.45, 2.75) is 83.6 Å². The van der Waals surface area contributed by atoms with Crippen LogP contribution in [0.4, 0.5) is 13.2 Å². The molecule has 0 heterocycles. The zero-order valence-corrected chi connectivity index (χ0v) is 14.3. The Morgan fingerprint density at radius 3 is 1.72 bits per heavy atom. The fourth-order valence-corrected chi connectivity index (χ4v) is 2.09. The maximum absolute atomic E-state index is 12.0. The molecule has 9 heteroatoms. The summed E-state index contributed by atoms with van der Waals surface area (Å²) in [6.45, 7) is 1.05. The number of aliphatic carboxylic acids is 1. The van der Waals surface area contributed by atoms with Crippen LogP contribution in [-0.4, -0.2) is 35.5 Å². The Bertz CT molecular complexity index is 423. The van der Waals surface area contributed by atoms with E-state index in [1.165, 1.54) is 0 Å². The summed E-state index contributed by atoms with van der Waals surface area (Å²) in [5, 5.41) is 8.48. The molecular formula is C16H25F3O6. The van der Waals surface area contributed by atoms with Crippen LogP contribution in [0, 0.1) is 0 Å². The second-order valence-electron chi connectivity index (χ2n) is 5.68. The highest BCUT2D eigenvalue weighted by Crippen LogP contribution is 2.18. The zero-order chi connectivity index (χ0) is 19.3. The van der Waals surface area contributed by atoms with Crippen LogP contribution in [0.3, 0.4) is 0 Å². The van der Waals surface area contributed by atoms with Crippen LogP contribution in [0.2, 0.25) is 0 Å². The van der Waals surface area contributed by atoms with Crippen LogP contribution in [-0.2, 0) is 23.9 Å². The lowest BCUT2D eigenvalue weighted by atomic mass is 10.1. The Hall–Kier alpha value is -1.80. The number of hydrogen-bond acceptors (Lipinski definition) is 5. The minimum absolute atomic E-state index is 0.0481. The SMILES string of the molecule is CC(OC(=O)CCCCCCCCCCC(=O)O)OC(=O)C(F)(F)F. The molecule has 0 bridgehead atoms. The molecule has 0 amide bonds. The Balaban J connectivity index is 3.55. The minimum atomic E-state index is -5.12. The lowest BCUT2D eigenvalue weighted by molar-refractivity contribution is -0.222. The molecule has 146 valence electrons. The van der Waals surface area contributed by atoms with E-state index in [1.54, 1.807) is 0 Å². The Morgan fingerprint density at radius 1 is 0.840 bits per heavy atom. The van der Waals surface area contributed by atoms with Crippen molar-refractivity contribution in [3.05, 3.63) is 0 Å². The van der Waals surface area contributed by atoms with E-state index in [-0.39, 0.29) is 12.8 Å². The molecule has 0 aromatic heterocycles. The smallest absolute Gasteiger partial charge is 0.481 e. The van der Waals surface area contributed by atoms with Gasteiger partial charge in [0.1, 0.15) is 0 Å². The van der Waals surface area contributed by atoms with Gasteiger partial charge in [-0.1, -0.05) is 38.5 Å². The molecule has 25 heavy (non-hydrogen) atoms. The Labute approximate surface area is 144 Å². The lowest BCUT2D eigenvalue weighted by Gasteiger charge is -2.15. The first-order valence-corrected chi connectivity index (χ1v) is 8.32. The van der Waals surface area contributed by atoms with Crippen molar-refractivity contribution in [3.63, 3.8) is 0 Å². The lowest BCUT2D eigenvalue weighted by Crippen LogP contribution is -2.31. The van der Waals surface area contributed by atoms with Crippen molar-refractivity contribution in [2.75, 3.05) is 0 Å². The highest BCUT2D eigenvalue weighted by atomic mass is 19.4. The van der Waals surface area contributed by atoms with Crippen LogP contribution in [0.5, 0.6) is 0 Å².